The van der Waals surface area contributed by atoms with Gasteiger partial charge in [0.15, 0.2) is 0 Å². The fraction of sp³-hybridized carbons (Fsp3) is 0.154. The number of amides is 2. The molecule has 0 atom stereocenters. The van der Waals surface area contributed by atoms with Gasteiger partial charge in [0.1, 0.15) is 17.2 Å². The normalized spacial score (nSPS) is 13.5. The van der Waals surface area contributed by atoms with Crippen molar-refractivity contribution in [3.63, 3.8) is 0 Å². The number of hydrogen-bond acceptors (Lipinski definition) is 5. The highest BCUT2D eigenvalue weighted by Crippen LogP contribution is 2.36. The van der Waals surface area contributed by atoms with Crippen molar-refractivity contribution in [1.82, 2.24) is 0 Å². The first-order chi connectivity index (χ1) is 15.8. The van der Waals surface area contributed by atoms with Gasteiger partial charge < -0.3 is 14.8 Å². The van der Waals surface area contributed by atoms with Crippen molar-refractivity contribution in [2.45, 2.75) is 13.8 Å². The van der Waals surface area contributed by atoms with Crippen LogP contribution in [0.2, 0.25) is 5.02 Å². The van der Waals surface area contributed by atoms with Crippen LogP contribution in [0.4, 0.5) is 11.4 Å². The highest BCUT2D eigenvalue weighted by atomic mass is 35.5. The van der Waals surface area contributed by atoms with Gasteiger partial charge in [0.25, 0.3) is 11.8 Å². The van der Waals surface area contributed by atoms with Gasteiger partial charge in [0.05, 0.1) is 25.5 Å². The maximum Gasteiger partial charge on any atom is 0.282 e. The van der Waals surface area contributed by atoms with E-state index >= 15 is 0 Å². The summed E-state index contributed by atoms with van der Waals surface area (Å²) in [5.74, 6) is 0.243. The zero-order valence-corrected chi connectivity index (χ0v) is 19.5. The average molecular weight is 463 g/mol. The van der Waals surface area contributed by atoms with E-state index in [0.717, 1.165) is 11.1 Å². The van der Waals surface area contributed by atoms with E-state index in [9.17, 15) is 9.59 Å². The topological polar surface area (TPSA) is 67.9 Å². The number of methoxy groups -OCH3 is 2. The van der Waals surface area contributed by atoms with Crippen LogP contribution in [0.25, 0.3) is 5.57 Å². The number of imide groups is 1. The van der Waals surface area contributed by atoms with Crippen LogP contribution in [0.15, 0.2) is 66.4 Å². The van der Waals surface area contributed by atoms with Crippen molar-refractivity contribution < 1.29 is 19.1 Å². The van der Waals surface area contributed by atoms with Gasteiger partial charge in [-0.1, -0.05) is 41.4 Å². The van der Waals surface area contributed by atoms with Crippen LogP contribution in [0.5, 0.6) is 11.5 Å². The van der Waals surface area contributed by atoms with Gasteiger partial charge in [-0.15, -0.1) is 0 Å². The molecule has 0 unspecified atom stereocenters. The van der Waals surface area contributed by atoms with Gasteiger partial charge in [0.2, 0.25) is 0 Å². The third kappa shape index (κ3) is 4.30. The van der Waals surface area contributed by atoms with Crippen LogP contribution in [-0.4, -0.2) is 26.0 Å². The lowest BCUT2D eigenvalue weighted by Gasteiger charge is -2.18. The van der Waals surface area contributed by atoms with Crippen molar-refractivity contribution >= 4 is 40.4 Å². The summed E-state index contributed by atoms with van der Waals surface area (Å²) in [7, 11) is 3.09. The number of nitrogens with one attached hydrogen (secondary N) is 1. The second-order valence-electron chi connectivity index (χ2n) is 7.72. The average Bonchev–Trinajstić information content (AvgIpc) is 3.03. The van der Waals surface area contributed by atoms with E-state index in [-0.39, 0.29) is 11.3 Å². The van der Waals surface area contributed by atoms with Gasteiger partial charge in [-0.2, -0.15) is 0 Å². The molecule has 7 heteroatoms. The van der Waals surface area contributed by atoms with Gasteiger partial charge >= 0.3 is 0 Å². The summed E-state index contributed by atoms with van der Waals surface area (Å²) < 4.78 is 10.7. The lowest BCUT2D eigenvalue weighted by atomic mass is 10.0. The van der Waals surface area contributed by atoms with Gasteiger partial charge in [-0.3, -0.25) is 9.59 Å². The van der Waals surface area contributed by atoms with Gasteiger partial charge in [-0.25, -0.2) is 4.90 Å². The molecule has 2 amide bonds. The second-order valence-corrected chi connectivity index (χ2v) is 8.16. The lowest BCUT2D eigenvalue weighted by Crippen LogP contribution is -2.33. The summed E-state index contributed by atoms with van der Waals surface area (Å²) >= 11 is 6.05. The van der Waals surface area contributed by atoms with Crippen LogP contribution < -0.4 is 19.7 Å². The molecule has 33 heavy (non-hydrogen) atoms. The van der Waals surface area contributed by atoms with E-state index in [1.807, 2.05) is 26.0 Å². The fourth-order valence-corrected chi connectivity index (χ4v) is 3.96. The number of nitrogens with zero attached hydrogens (tertiary/aromatic N) is 1. The Kier molecular flexibility index (Phi) is 6.11. The number of anilines is 2. The molecule has 4 rings (SSSR count). The van der Waals surface area contributed by atoms with Crippen molar-refractivity contribution in [2.75, 3.05) is 24.4 Å². The lowest BCUT2D eigenvalue weighted by molar-refractivity contribution is -0.120. The number of aryl methyl sites for hydroxylation is 2. The van der Waals surface area contributed by atoms with Crippen LogP contribution >= 0.6 is 11.6 Å². The van der Waals surface area contributed by atoms with E-state index in [0.29, 0.717) is 33.5 Å². The van der Waals surface area contributed by atoms with Crippen molar-refractivity contribution in [3.8, 4) is 11.5 Å². The molecule has 0 aromatic heterocycles. The first kappa shape index (κ1) is 22.4. The summed E-state index contributed by atoms with van der Waals surface area (Å²) in [6.45, 7) is 3.84. The minimum absolute atomic E-state index is 0.164. The Morgan fingerprint density at radius 1 is 0.818 bits per heavy atom. The Balaban J connectivity index is 1.85. The summed E-state index contributed by atoms with van der Waals surface area (Å²) in [4.78, 5) is 28.4. The Morgan fingerprint density at radius 2 is 1.45 bits per heavy atom. The number of hydrogen-bond donors (Lipinski definition) is 1. The van der Waals surface area contributed by atoms with Crippen LogP contribution in [-0.2, 0) is 9.59 Å². The monoisotopic (exact) mass is 462 g/mol. The summed E-state index contributed by atoms with van der Waals surface area (Å²) in [6, 6.07) is 17.6. The summed E-state index contributed by atoms with van der Waals surface area (Å²) in [6.07, 6.45) is 0. The molecule has 0 radical (unpaired) electrons. The standard InChI is InChI=1S/C26H23ClN2O4/c1-15-5-10-22(16(2)11-15)29-25(30)23(17-6-8-18(27)9-7-17)24(26(29)31)28-19-12-20(32-3)14-21(13-19)33-4/h5-14,28H,1-4H3. The minimum Gasteiger partial charge on any atom is -0.497 e. The second kappa shape index (κ2) is 9.00. The number of carbonyl (C=O) groups excluding carboxylic acids is 2. The van der Waals surface area contributed by atoms with E-state index < -0.39 is 11.8 Å². The van der Waals surface area contributed by atoms with E-state index in [1.165, 1.54) is 4.90 Å². The van der Waals surface area contributed by atoms with Gasteiger partial charge in [-0.05, 0) is 43.2 Å². The number of ether oxygens (including phenoxy) is 2. The quantitative estimate of drug-likeness (QED) is 0.499. The molecule has 6 nitrogen and oxygen atoms in total. The maximum atomic E-state index is 13.6. The van der Waals surface area contributed by atoms with Crippen LogP contribution in [0.3, 0.4) is 0 Å². The Morgan fingerprint density at radius 3 is 2.03 bits per heavy atom. The summed E-state index contributed by atoms with van der Waals surface area (Å²) in [5.41, 5.74) is 3.98. The molecule has 1 aliphatic heterocycles. The molecule has 0 spiro atoms. The van der Waals surface area contributed by atoms with Crippen LogP contribution in [0, 0.1) is 13.8 Å². The Hall–Kier alpha value is -3.77. The van der Waals surface area contributed by atoms with E-state index in [2.05, 4.69) is 5.32 Å². The molecule has 1 heterocycles. The predicted molar refractivity (Wildman–Crippen MR) is 130 cm³/mol. The number of halogens is 1. The molecule has 3 aromatic carbocycles. The largest absolute Gasteiger partial charge is 0.497 e. The minimum atomic E-state index is -0.446. The van der Waals surface area contributed by atoms with Crippen molar-refractivity contribution in [3.05, 3.63) is 88.1 Å². The zero-order chi connectivity index (χ0) is 23.7. The SMILES string of the molecule is COc1cc(NC2=C(c3ccc(Cl)cc3)C(=O)N(c3ccc(C)cc3C)C2=O)cc(OC)c1. The van der Waals surface area contributed by atoms with E-state index in [4.69, 9.17) is 21.1 Å². The molecular weight excluding hydrogens is 440 g/mol. The maximum absolute atomic E-state index is 13.6. The molecule has 0 aliphatic carbocycles. The molecule has 0 bridgehead atoms. The highest BCUT2D eigenvalue weighted by molar-refractivity contribution is 6.46. The fourth-order valence-electron chi connectivity index (χ4n) is 3.83. The van der Waals surface area contributed by atoms with Gasteiger partial charge in [0, 0.05) is 28.9 Å². The molecule has 0 saturated carbocycles. The molecule has 3 aromatic rings. The molecule has 168 valence electrons. The molecular formula is C26H23ClN2O4. The summed E-state index contributed by atoms with van der Waals surface area (Å²) in [5, 5.41) is 3.68. The molecule has 0 fully saturated rings. The molecule has 0 saturated heterocycles. The third-order valence-electron chi connectivity index (χ3n) is 5.43. The molecule has 1 aliphatic rings. The Labute approximate surface area is 197 Å². The first-order valence-electron chi connectivity index (χ1n) is 10.3. The predicted octanol–water partition coefficient (Wildman–Crippen LogP) is 5.37. The third-order valence-corrected chi connectivity index (χ3v) is 5.68. The zero-order valence-electron chi connectivity index (χ0n) is 18.7. The van der Waals surface area contributed by atoms with Crippen LogP contribution in [0.1, 0.15) is 16.7 Å². The number of carbonyl (C=O) groups is 2. The van der Waals surface area contributed by atoms with Crippen molar-refractivity contribution in [1.29, 1.82) is 0 Å². The first-order valence-corrected chi connectivity index (χ1v) is 10.7. The Bertz CT molecular complexity index is 1260. The smallest absolute Gasteiger partial charge is 0.282 e. The highest BCUT2D eigenvalue weighted by Gasteiger charge is 2.40. The van der Waals surface area contributed by atoms with Crippen molar-refractivity contribution in [2.24, 2.45) is 0 Å². The van der Waals surface area contributed by atoms with E-state index in [1.54, 1.807) is 62.8 Å². The number of benzene rings is 3. The molecule has 1 N–H and O–H groups in total. The number of rotatable bonds is 6.